The Balaban J connectivity index is 1.90. The number of nitrogens with zero attached hydrogens (tertiary/aromatic N) is 6. The maximum absolute atomic E-state index is 11.3. The fraction of sp³-hybridized carbons (Fsp3) is 0.609. The third-order valence-electron chi connectivity index (χ3n) is 11.2. The lowest BCUT2D eigenvalue weighted by atomic mass is 9.89. The molecule has 0 bridgehead atoms. The number of aromatic hydroxyl groups is 3. The summed E-state index contributed by atoms with van der Waals surface area (Å²) < 4.78 is 0. The maximum atomic E-state index is 11.3. The van der Waals surface area contributed by atoms with E-state index in [0.717, 1.165) is 93.7 Å². The van der Waals surface area contributed by atoms with Gasteiger partial charge in [-0.2, -0.15) is 15.3 Å². The molecule has 0 aliphatic carbocycles. The Morgan fingerprint density at radius 1 is 0.464 bits per heavy atom. The molecule has 0 heterocycles. The molecule has 3 rings (SSSR count). The first kappa shape index (κ1) is 46.5. The van der Waals surface area contributed by atoms with Crippen molar-refractivity contribution in [1.82, 2.24) is 0 Å². The number of unbranched alkanes of at least 4 members (excludes halogenated alkanes) is 6. The number of benzene rings is 3. The normalized spacial score (nSPS) is 14.9. The number of para-hydroxylation sites is 3. The first-order chi connectivity index (χ1) is 27.2. The number of azo groups is 3. The minimum atomic E-state index is -1.36. The van der Waals surface area contributed by atoms with Crippen molar-refractivity contribution >= 4 is 10.2 Å². The summed E-state index contributed by atoms with van der Waals surface area (Å²) in [6, 6.07) is 17.7. The predicted molar refractivity (Wildman–Crippen MR) is 234 cm³/mol. The van der Waals surface area contributed by atoms with Gasteiger partial charge in [0, 0.05) is 16.7 Å². The van der Waals surface area contributed by atoms with Crippen LogP contribution >= 0.6 is 0 Å². The second-order valence-corrected chi connectivity index (χ2v) is 16.9. The second-order valence-electron chi connectivity index (χ2n) is 15.5. The van der Waals surface area contributed by atoms with Crippen molar-refractivity contribution in [3.63, 3.8) is 0 Å². The van der Waals surface area contributed by atoms with Crippen LogP contribution in [0.4, 0.5) is 0 Å². The van der Waals surface area contributed by atoms with Crippen LogP contribution in [-0.2, 0) is 19.6 Å². The lowest BCUT2D eigenvalue weighted by molar-refractivity contribution is 0.442. The third kappa shape index (κ3) is 14.2. The SMILES string of the molecule is CCCCCC(CC)c1cccc(C/N=N\C([SiH3])(/N=N\Cc2cccc(C(CC)CCCCC)c2O)/N=N\Cc2cccc(C(CC)CCCCC)c2O)c1O. The van der Waals surface area contributed by atoms with E-state index >= 15 is 0 Å². The molecule has 3 atom stereocenters. The standard InChI is InChI=1S/C46H72N6O3Si/c1-7-13-16-22-34(10-4)40-28-19-25-37(43(40)53)31-47-50-46(56,51-48-32-38-26-20-29-41(44(38)54)35(11-5)23-17-14-8-2)52-49-33-39-27-21-30-42(45(39)55)36(12-6)24-18-15-9-3/h19-21,25-30,34-36,53-55H,7-18,22-24,31-33H2,1-6,56H3/b50-47-,51-48-,52-49-. The van der Waals surface area contributed by atoms with E-state index in [9.17, 15) is 15.3 Å². The zero-order chi connectivity index (χ0) is 40.8. The molecule has 56 heavy (non-hydrogen) atoms. The highest BCUT2D eigenvalue weighted by molar-refractivity contribution is 6.14. The molecule has 0 aromatic heterocycles. The molecule has 3 unspecified atom stereocenters. The van der Waals surface area contributed by atoms with Crippen LogP contribution in [0.3, 0.4) is 0 Å². The molecule has 3 aromatic carbocycles. The topological polar surface area (TPSA) is 135 Å². The fourth-order valence-corrected chi connectivity index (χ4v) is 8.09. The molecule has 0 spiro atoms. The molecule has 0 radical (unpaired) electrons. The summed E-state index contributed by atoms with van der Waals surface area (Å²) >= 11 is 0. The molecule has 3 aromatic rings. The fourth-order valence-electron chi connectivity index (χ4n) is 7.66. The van der Waals surface area contributed by atoms with Gasteiger partial charge in [0.25, 0.3) is 5.41 Å². The van der Waals surface area contributed by atoms with Crippen molar-refractivity contribution in [2.45, 2.75) is 181 Å². The summed E-state index contributed by atoms with van der Waals surface area (Å²) in [7, 11) is 0.314. The summed E-state index contributed by atoms with van der Waals surface area (Å²) in [5.74, 6) is 1.71. The highest BCUT2D eigenvalue weighted by Gasteiger charge is 2.24. The van der Waals surface area contributed by atoms with E-state index in [1.807, 2.05) is 54.6 Å². The van der Waals surface area contributed by atoms with Crippen molar-refractivity contribution in [2.24, 2.45) is 30.7 Å². The van der Waals surface area contributed by atoms with Gasteiger partial charge in [-0.1, -0.05) is 154 Å². The van der Waals surface area contributed by atoms with Crippen LogP contribution in [-0.4, -0.2) is 31.0 Å². The van der Waals surface area contributed by atoms with Gasteiger partial charge in [-0.3, -0.25) is 0 Å². The van der Waals surface area contributed by atoms with Gasteiger partial charge in [-0.05, 0) is 73.0 Å². The lowest BCUT2D eigenvalue weighted by Gasteiger charge is -2.18. The molecule has 10 heteroatoms. The Bertz CT molecular complexity index is 1490. The van der Waals surface area contributed by atoms with Crippen molar-refractivity contribution in [1.29, 1.82) is 0 Å². The number of rotatable bonds is 27. The minimum absolute atomic E-state index is 0.165. The summed E-state index contributed by atoms with van der Waals surface area (Å²) in [5.41, 5.74) is 3.63. The first-order valence-electron chi connectivity index (χ1n) is 21.7. The lowest BCUT2D eigenvalue weighted by Crippen LogP contribution is -2.19. The van der Waals surface area contributed by atoms with Crippen molar-refractivity contribution in [3.05, 3.63) is 88.0 Å². The van der Waals surface area contributed by atoms with Gasteiger partial charge in [0.05, 0.1) is 19.6 Å². The van der Waals surface area contributed by atoms with Crippen LogP contribution in [0.25, 0.3) is 0 Å². The molecular formula is C46H72N6O3Si. The van der Waals surface area contributed by atoms with Gasteiger partial charge in [0.2, 0.25) is 0 Å². The number of phenols is 3. The Morgan fingerprint density at radius 2 is 0.750 bits per heavy atom. The Morgan fingerprint density at radius 3 is 1.00 bits per heavy atom. The molecule has 0 fully saturated rings. The van der Waals surface area contributed by atoms with E-state index in [4.69, 9.17) is 0 Å². The van der Waals surface area contributed by atoms with Gasteiger partial charge < -0.3 is 15.3 Å². The van der Waals surface area contributed by atoms with Crippen molar-refractivity contribution in [3.8, 4) is 17.2 Å². The summed E-state index contributed by atoms with van der Waals surface area (Å²) in [4.78, 5) is 0. The molecule has 0 amide bonds. The molecule has 9 nitrogen and oxygen atoms in total. The number of hydrogen-bond donors (Lipinski definition) is 3. The molecule has 0 saturated heterocycles. The van der Waals surface area contributed by atoms with Crippen molar-refractivity contribution < 1.29 is 15.3 Å². The highest BCUT2D eigenvalue weighted by atomic mass is 28.1. The maximum Gasteiger partial charge on any atom is 0.267 e. The molecular weight excluding hydrogens is 713 g/mol. The highest BCUT2D eigenvalue weighted by Crippen LogP contribution is 2.38. The van der Waals surface area contributed by atoms with Crippen molar-refractivity contribution in [2.75, 3.05) is 0 Å². The van der Waals surface area contributed by atoms with E-state index in [1.54, 1.807) is 0 Å². The van der Waals surface area contributed by atoms with E-state index in [-0.39, 0.29) is 54.6 Å². The number of phenolic OH excluding ortho intramolecular Hbond substituents is 3. The van der Waals surface area contributed by atoms with E-state index in [2.05, 4.69) is 72.2 Å². The van der Waals surface area contributed by atoms with Crippen LogP contribution in [0.2, 0.25) is 0 Å². The Hall–Kier alpha value is -3.92. The summed E-state index contributed by atoms with van der Waals surface area (Å²) in [6.07, 6.45) is 16.5. The average Bonchev–Trinajstić information content (AvgIpc) is 3.20. The largest absolute Gasteiger partial charge is 0.507 e. The third-order valence-corrected chi connectivity index (χ3v) is 11.8. The van der Waals surface area contributed by atoms with E-state index in [1.165, 1.54) is 19.3 Å². The van der Waals surface area contributed by atoms with E-state index in [0.29, 0.717) is 26.9 Å². The minimum Gasteiger partial charge on any atom is -0.507 e. The summed E-state index contributed by atoms with van der Waals surface area (Å²) in [6.45, 7) is 13.6. The Labute approximate surface area is 341 Å². The van der Waals surface area contributed by atoms with Crippen LogP contribution in [0.1, 0.15) is 189 Å². The van der Waals surface area contributed by atoms with Gasteiger partial charge in [0.15, 0.2) is 0 Å². The van der Waals surface area contributed by atoms with Gasteiger partial charge in [-0.25, -0.2) is 0 Å². The smallest absolute Gasteiger partial charge is 0.267 e. The molecule has 0 aliphatic heterocycles. The second kappa shape index (κ2) is 25.4. The van der Waals surface area contributed by atoms with E-state index < -0.39 is 5.41 Å². The average molecular weight is 785 g/mol. The first-order valence-corrected chi connectivity index (χ1v) is 22.7. The van der Waals surface area contributed by atoms with Crippen LogP contribution < -0.4 is 0 Å². The zero-order valence-corrected chi connectivity index (χ0v) is 37.7. The molecule has 0 aliphatic rings. The monoisotopic (exact) mass is 785 g/mol. The summed E-state index contributed by atoms with van der Waals surface area (Å²) in [5, 5.41) is 61.3. The van der Waals surface area contributed by atoms with Crippen LogP contribution in [0, 0.1) is 0 Å². The predicted octanol–water partition coefficient (Wildman–Crippen LogP) is 13.3. The van der Waals surface area contributed by atoms with Gasteiger partial charge in [0.1, 0.15) is 27.5 Å². The zero-order valence-electron chi connectivity index (χ0n) is 35.7. The molecule has 3 N–H and O–H groups in total. The Kier molecular flexibility index (Phi) is 21.0. The number of hydrogen-bond acceptors (Lipinski definition) is 9. The van der Waals surface area contributed by atoms with Crippen LogP contribution in [0.15, 0.2) is 85.3 Å². The quantitative estimate of drug-likeness (QED) is 0.0403. The van der Waals surface area contributed by atoms with Gasteiger partial charge in [-0.15, -0.1) is 15.3 Å². The van der Waals surface area contributed by atoms with Crippen LogP contribution in [0.5, 0.6) is 17.2 Å². The van der Waals surface area contributed by atoms with Gasteiger partial charge >= 0.3 is 0 Å². The molecule has 308 valence electrons. The molecule has 0 saturated carbocycles.